The van der Waals surface area contributed by atoms with E-state index in [1.165, 1.54) is 48.8 Å². The van der Waals surface area contributed by atoms with E-state index in [1.807, 2.05) is 6.92 Å². The second-order valence-corrected chi connectivity index (χ2v) is 9.32. The van der Waals surface area contributed by atoms with Gasteiger partial charge in [-0.2, -0.15) is 0 Å². The van der Waals surface area contributed by atoms with Gasteiger partial charge in [0, 0.05) is 22.8 Å². The lowest BCUT2D eigenvalue weighted by atomic mass is 9.90. The lowest BCUT2D eigenvalue weighted by molar-refractivity contribution is 0.542. The summed E-state index contributed by atoms with van der Waals surface area (Å²) >= 11 is 0. The highest BCUT2D eigenvalue weighted by molar-refractivity contribution is 6.09. The zero-order valence-electron chi connectivity index (χ0n) is 18.5. The molecule has 5 rings (SSSR count). The molecule has 1 saturated carbocycles. The number of hydrogen-bond acceptors (Lipinski definition) is 3. The Labute approximate surface area is 178 Å². The van der Waals surface area contributed by atoms with E-state index in [-0.39, 0.29) is 0 Å². The molecule has 3 heteroatoms. The molecular formula is C27H30N2O. The number of hydrogen-bond donors (Lipinski definition) is 0. The largest absolute Gasteiger partial charge is 0.437 e. The standard InChI is InChI=1S/C27H30N2O/c1-16(2)23-15-28-24(14-20(23)13-19-8-5-6-9-19)21-10-7-11-22-25-17(3)12-18(4)29-27(25)30-26(21)22/h7,10-12,14-16,19H,5-6,8-9,13H2,1-4H3. The van der Waals surface area contributed by atoms with Crippen LogP contribution < -0.4 is 0 Å². The molecule has 0 aliphatic heterocycles. The molecule has 0 atom stereocenters. The average Bonchev–Trinajstić information content (AvgIpc) is 3.34. The van der Waals surface area contributed by atoms with E-state index in [4.69, 9.17) is 9.40 Å². The molecule has 0 N–H and O–H groups in total. The highest BCUT2D eigenvalue weighted by atomic mass is 16.3. The Morgan fingerprint density at radius 1 is 1.10 bits per heavy atom. The van der Waals surface area contributed by atoms with Crippen LogP contribution in [0, 0.1) is 19.8 Å². The van der Waals surface area contributed by atoms with Gasteiger partial charge in [0.1, 0.15) is 5.58 Å². The molecule has 3 nitrogen and oxygen atoms in total. The van der Waals surface area contributed by atoms with Crippen LogP contribution in [0.3, 0.4) is 0 Å². The minimum Gasteiger partial charge on any atom is -0.437 e. The first-order chi connectivity index (χ1) is 14.5. The molecule has 1 aliphatic rings. The normalized spacial score (nSPS) is 15.1. The van der Waals surface area contributed by atoms with Crippen LogP contribution in [-0.4, -0.2) is 9.97 Å². The number of pyridine rings is 2. The monoisotopic (exact) mass is 398 g/mol. The Balaban J connectivity index is 1.67. The van der Waals surface area contributed by atoms with Crippen LogP contribution in [0.2, 0.25) is 0 Å². The van der Waals surface area contributed by atoms with Crippen LogP contribution >= 0.6 is 0 Å². The predicted molar refractivity (Wildman–Crippen MR) is 124 cm³/mol. The van der Waals surface area contributed by atoms with Gasteiger partial charge in [-0.05, 0) is 67.0 Å². The van der Waals surface area contributed by atoms with Gasteiger partial charge in [-0.1, -0.05) is 51.7 Å². The van der Waals surface area contributed by atoms with E-state index in [2.05, 4.69) is 62.3 Å². The second kappa shape index (κ2) is 7.54. The minimum atomic E-state index is 0.486. The molecule has 0 amide bonds. The second-order valence-electron chi connectivity index (χ2n) is 9.32. The van der Waals surface area contributed by atoms with Crippen LogP contribution in [-0.2, 0) is 6.42 Å². The van der Waals surface area contributed by atoms with Crippen molar-refractivity contribution in [3.63, 3.8) is 0 Å². The van der Waals surface area contributed by atoms with E-state index in [1.54, 1.807) is 0 Å². The molecule has 0 bridgehead atoms. The summed E-state index contributed by atoms with van der Waals surface area (Å²) in [5, 5.41) is 2.24. The summed E-state index contributed by atoms with van der Waals surface area (Å²) in [4.78, 5) is 9.53. The first-order valence-corrected chi connectivity index (χ1v) is 11.3. The first kappa shape index (κ1) is 19.3. The third-order valence-electron chi connectivity index (χ3n) is 6.70. The molecule has 1 aliphatic carbocycles. The number of fused-ring (bicyclic) bond motifs is 3. The molecule has 1 fully saturated rings. The maximum Gasteiger partial charge on any atom is 0.227 e. The number of para-hydroxylation sites is 1. The number of nitrogens with zero attached hydrogens (tertiary/aromatic N) is 2. The zero-order valence-corrected chi connectivity index (χ0v) is 18.5. The molecular weight excluding hydrogens is 368 g/mol. The molecule has 0 spiro atoms. The van der Waals surface area contributed by atoms with Crippen LogP contribution in [0.1, 0.15) is 67.8 Å². The van der Waals surface area contributed by atoms with Gasteiger partial charge in [0.15, 0.2) is 0 Å². The Hall–Kier alpha value is -2.68. The third kappa shape index (κ3) is 3.30. The number of benzene rings is 1. The van der Waals surface area contributed by atoms with Crippen molar-refractivity contribution in [2.45, 2.75) is 65.7 Å². The van der Waals surface area contributed by atoms with Crippen LogP contribution in [0.25, 0.3) is 33.3 Å². The molecule has 0 saturated heterocycles. The quantitative estimate of drug-likeness (QED) is 0.357. The van der Waals surface area contributed by atoms with Gasteiger partial charge >= 0.3 is 0 Å². The molecule has 30 heavy (non-hydrogen) atoms. The summed E-state index contributed by atoms with van der Waals surface area (Å²) in [6.07, 6.45) is 8.74. The van der Waals surface area contributed by atoms with Crippen molar-refractivity contribution >= 4 is 22.1 Å². The minimum absolute atomic E-state index is 0.486. The van der Waals surface area contributed by atoms with Gasteiger partial charge in [-0.15, -0.1) is 0 Å². The fourth-order valence-corrected chi connectivity index (χ4v) is 5.22. The predicted octanol–water partition coefficient (Wildman–Crippen LogP) is 7.52. The van der Waals surface area contributed by atoms with Crippen molar-refractivity contribution in [2.75, 3.05) is 0 Å². The van der Waals surface area contributed by atoms with Crippen LogP contribution in [0.4, 0.5) is 0 Å². The first-order valence-electron chi connectivity index (χ1n) is 11.3. The van der Waals surface area contributed by atoms with Crippen molar-refractivity contribution in [1.29, 1.82) is 0 Å². The molecule has 0 radical (unpaired) electrons. The summed E-state index contributed by atoms with van der Waals surface area (Å²) < 4.78 is 6.30. The van der Waals surface area contributed by atoms with Crippen LogP contribution in [0.5, 0.6) is 0 Å². The van der Waals surface area contributed by atoms with E-state index in [9.17, 15) is 0 Å². The Kier molecular flexibility index (Phi) is 4.85. The van der Waals surface area contributed by atoms with Gasteiger partial charge in [0.2, 0.25) is 5.71 Å². The van der Waals surface area contributed by atoms with Crippen molar-refractivity contribution < 1.29 is 4.42 Å². The Morgan fingerprint density at radius 2 is 1.90 bits per heavy atom. The van der Waals surface area contributed by atoms with Gasteiger partial charge < -0.3 is 4.42 Å². The zero-order chi connectivity index (χ0) is 20.8. The highest BCUT2D eigenvalue weighted by Crippen LogP contribution is 2.38. The molecule has 1 aromatic carbocycles. The number of furan rings is 1. The molecule has 3 heterocycles. The smallest absolute Gasteiger partial charge is 0.227 e. The fraction of sp³-hybridized carbons (Fsp3) is 0.407. The van der Waals surface area contributed by atoms with Crippen LogP contribution in [0.15, 0.2) is 40.9 Å². The molecule has 3 aromatic heterocycles. The summed E-state index contributed by atoms with van der Waals surface area (Å²) in [5.41, 5.74) is 8.72. The highest BCUT2D eigenvalue weighted by Gasteiger charge is 2.20. The van der Waals surface area contributed by atoms with Crippen molar-refractivity contribution in [1.82, 2.24) is 9.97 Å². The van der Waals surface area contributed by atoms with E-state index in [0.717, 1.165) is 44.9 Å². The van der Waals surface area contributed by atoms with Crippen molar-refractivity contribution in [2.24, 2.45) is 5.92 Å². The van der Waals surface area contributed by atoms with E-state index >= 15 is 0 Å². The summed E-state index contributed by atoms with van der Waals surface area (Å²) in [7, 11) is 0. The topological polar surface area (TPSA) is 38.9 Å². The number of aryl methyl sites for hydroxylation is 2. The van der Waals surface area contributed by atoms with E-state index < -0.39 is 0 Å². The van der Waals surface area contributed by atoms with Gasteiger partial charge in [-0.3, -0.25) is 4.98 Å². The van der Waals surface area contributed by atoms with E-state index in [0.29, 0.717) is 5.92 Å². The maximum atomic E-state index is 6.30. The summed E-state index contributed by atoms with van der Waals surface area (Å²) in [6, 6.07) is 10.8. The summed E-state index contributed by atoms with van der Waals surface area (Å²) in [6.45, 7) is 8.69. The van der Waals surface area contributed by atoms with Crippen molar-refractivity contribution in [3.05, 3.63) is 58.9 Å². The Bertz CT molecular complexity index is 1230. The number of aromatic nitrogens is 2. The fourth-order valence-electron chi connectivity index (χ4n) is 5.22. The lowest BCUT2D eigenvalue weighted by Gasteiger charge is -2.17. The molecule has 154 valence electrons. The van der Waals surface area contributed by atoms with Gasteiger partial charge in [-0.25, -0.2) is 4.98 Å². The SMILES string of the molecule is Cc1cc(C)c2c(n1)oc1c(-c3cc(CC4CCCC4)c(C(C)C)cn3)cccc12. The Morgan fingerprint density at radius 3 is 2.67 bits per heavy atom. The molecule has 4 aromatic rings. The van der Waals surface area contributed by atoms with Gasteiger partial charge in [0.05, 0.1) is 11.1 Å². The van der Waals surface area contributed by atoms with Crippen molar-refractivity contribution in [3.8, 4) is 11.3 Å². The van der Waals surface area contributed by atoms with Gasteiger partial charge in [0.25, 0.3) is 0 Å². The third-order valence-corrected chi connectivity index (χ3v) is 6.70. The maximum absolute atomic E-state index is 6.30. The summed E-state index contributed by atoms with van der Waals surface area (Å²) in [5.74, 6) is 1.30. The number of rotatable bonds is 4. The lowest BCUT2D eigenvalue weighted by Crippen LogP contribution is -2.05. The molecule has 0 unspecified atom stereocenters. The average molecular weight is 399 g/mol.